The maximum absolute atomic E-state index is 11.9. The zero-order chi connectivity index (χ0) is 12.5. The number of hydrogen-bond donors (Lipinski definition) is 2. The van der Waals surface area contributed by atoms with E-state index in [0.29, 0.717) is 18.4 Å². The predicted octanol–water partition coefficient (Wildman–Crippen LogP) is 2.46. The highest BCUT2D eigenvalue weighted by Gasteiger charge is 2.17. The van der Waals surface area contributed by atoms with Gasteiger partial charge in [-0.2, -0.15) is 0 Å². The summed E-state index contributed by atoms with van der Waals surface area (Å²) in [5.74, 6) is 0.827. The number of piperidine rings is 1. The third-order valence-electron chi connectivity index (χ3n) is 3.68. The van der Waals surface area contributed by atoms with Crippen molar-refractivity contribution >= 4 is 5.91 Å². The first kappa shape index (κ1) is 14.5. The van der Waals surface area contributed by atoms with Crippen molar-refractivity contribution in [1.29, 1.82) is 0 Å². The van der Waals surface area contributed by atoms with Crippen LogP contribution < -0.4 is 10.6 Å². The normalized spacial score (nSPS) is 22.1. The van der Waals surface area contributed by atoms with Crippen LogP contribution in [0, 0.1) is 5.92 Å². The van der Waals surface area contributed by atoms with Gasteiger partial charge in [-0.3, -0.25) is 4.79 Å². The Balaban J connectivity index is 2.21. The van der Waals surface area contributed by atoms with E-state index >= 15 is 0 Å². The molecule has 0 aromatic rings. The van der Waals surface area contributed by atoms with Gasteiger partial charge in [0.25, 0.3) is 0 Å². The molecule has 0 radical (unpaired) electrons. The highest BCUT2D eigenvalue weighted by atomic mass is 16.1. The molecule has 0 bridgehead atoms. The van der Waals surface area contributed by atoms with E-state index in [0.717, 1.165) is 25.9 Å². The van der Waals surface area contributed by atoms with Crippen molar-refractivity contribution in [1.82, 2.24) is 10.6 Å². The molecule has 0 saturated carbocycles. The molecule has 100 valence electrons. The average molecular weight is 240 g/mol. The lowest BCUT2D eigenvalue weighted by atomic mass is 9.95. The minimum absolute atomic E-state index is 0.252. The number of carbonyl (C=O) groups excluding carboxylic acids is 1. The van der Waals surface area contributed by atoms with Crippen LogP contribution in [0.4, 0.5) is 0 Å². The van der Waals surface area contributed by atoms with Crippen molar-refractivity contribution in [3.05, 3.63) is 0 Å². The van der Waals surface area contributed by atoms with Crippen molar-refractivity contribution in [2.75, 3.05) is 13.1 Å². The van der Waals surface area contributed by atoms with Crippen molar-refractivity contribution in [2.24, 2.45) is 5.92 Å². The summed E-state index contributed by atoms with van der Waals surface area (Å²) >= 11 is 0. The van der Waals surface area contributed by atoms with Gasteiger partial charge in [0, 0.05) is 19.0 Å². The molecule has 0 aromatic heterocycles. The maximum Gasteiger partial charge on any atom is 0.220 e. The Morgan fingerprint density at radius 2 is 2.29 bits per heavy atom. The molecular formula is C14H28N2O. The third kappa shape index (κ3) is 6.06. The largest absolute Gasteiger partial charge is 0.352 e. The molecule has 2 N–H and O–H groups in total. The summed E-state index contributed by atoms with van der Waals surface area (Å²) in [6.45, 7) is 6.44. The molecule has 0 aromatic carbocycles. The van der Waals surface area contributed by atoms with Crippen LogP contribution in [0.1, 0.15) is 58.8 Å². The van der Waals surface area contributed by atoms with Crippen molar-refractivity contribution in [3.8, 4) is 0 Å². The van der Waals surface area contributed by atoms with Crippen molar-refractivity contribution in [3.63, 3.8) is 0 Å². The molecule has 1 aliphatic heterocycles. The van der Waals surface area contributed by atoms with Crippen LogP contribution in [0.5, 0.6) is 0 Å². The van der Waals surface area contributed by atoms with Crippen molar-refractivity contribution < 1.29 is 4.79 Å². The molecule has 2 atom stereocenters. The van der Waals surface area contributed by atoms with Crippen molar-refractivity contribution in [2.45, 2.75) is 64.8 Å². The summed E-state index contributed by atoms with van der Waals surface area (Å²) in [4.78, 5) is 11.9. The number of amides is 1. The van der Waals surface area contributed by atoms with Gasteiger partial charge in [0.05, 0.1) is 0 Å². The van der Waals surface area contributed by atoms with E-state index in [1.807, 2.05) is 0 Å². The van der Waals surface area contributed by atoms with Crippen LogP contribution in [0.15, 0.2) is 0 Å². The summed E-state index contributed by atoms with van der Waals surface area (Å²) in [5, 5.41) is 6.49. The predicted molar refractivity (Wildman–Crippen MR) is 72.0 cm³/mol. The topological polar surface area (TPSA) is 41.1 Å². The van der Waals surface area contributed by atoms with E-state index in [2.05, 4.69) is 24.5 Å². The van der Waals surface area contributed by atoms with Gasteiger partial charge in [-0.25, -0.2) is 0 Å². The number of hydrogen-bond acceptors (Lipinski definition) is 2. The first-order valence-corrected chi connectivity index (χ1v) is 7.26. The summed E-state index contributed by atoms with van der Waals surface area (Å²) in [6.07, 6.45) is 7.82. The minimum atomic E-state index is 0.252. The monoisotopic (exact) mass is 240 g/mol. The van der Waals surface area contributed by atoms with E-state index in [1.54, 1.807) is 0 Å². The van der Waals surface area contributed by atoms with Crippen LogP contribution in [0.2, 0.25) is 0 Å². The first-order chi connectivity index (χ1) is 8.26. The smallest absolute Gasteiger partial charge is 0.220 e. The number of rotatable bonds is 7. The van der Waals surface area contributed by atoms with E-state index in [4.69, 9.17) is 0 Å². The standard InChI is InChI=1S/C14H28N2O/c1-3-5-7-12(4-2)10-14(17)16-13-8-6-9-15-11-13/h12-13,15H,3-11H2,1-2H3,(H,16,17). The van der Waals surface area contributed by atoms with Crippen LogP contribution >= 0.6 is 0 Å². The molecule has 3 nitrogen and oxygen atoms in total. The fraction of sp³-hybridized carbons (Fsp3) is 0.929. The molecule has 1 aliphatic rings. The second-order valence-electron chi connectivity index (χ2n) is 5.23. The zero-order valence-corrected chi connectivity index (χ0v) is 11.4. The molecule has 1 amide bonds. The third-order valence-corrected chi connectivity index (χ3v) is 3.68. The lowest BCUT2D eigenvalue weighted by Crippen LogP contribution is -2.45. The summed E-state index contributed by atoms with van der Waals surface area (Å²) in [5.41, 5.74) is 0. The number of nitrogens with one attached hydrogen (secondary N) is 2. The van der Waals surface area contributed by atoms with Gasteiger partial charge in [-0.1, -0.05) is 33.1 Å². The van der Waals surface area contributed by atoms with Gasteiger partial charge < -0.3 is 10.6 Å². The van der Waals surface area contributed by atoms with Crippen LogP contribution in [-0.4, -0.2) is 25.0 Å². The quantitative estimate of drug-likeness (QED) is 0.718. The van der Waals surface area contributed by atoms with E-state index < -0.39 is 0 Å². The molecule has 2 unspecified atom stereocenters. The van der Waals surface area contributed by atoms with Crippen LogP contribution in [0.25, 0.3) is 0 Å². The number of carbonyl (C=O) groups is 1. The lowest BCUT2D eigenvalue weighted by Gasteiger charge is -2.24. The Morgan fingerprint density at radius 3 is 2.88 bits per heavy atom. The summed E-state index contributed by atoms with van der Waals surface area (Å²) < 4.78 is 0. The molecule has 1 heterocycles. The van der Waals surface area contributed by atoms with Crippen LogP contribution in [0.3, 0.4) is 0 Å². The SMILES string of the molecule is CCCCC(CC)CC(=O)NC1CCCNC1. The van der Waals surface area contributed by atoms with Gasteiger partial charge in [-0.05, 0) is 31.7 Å². The van der Waals surface area contributed by atoms with Gasteiger partial charge in [0.15, 0.2) is 0 Å². The average Bonchev–Trinajstić information content (AvgIpc) is 2.35. The Kier molecular flexibility index (Phi) is 7.25. The lowest BCUT2D eigenvalue weighted by molar-refractivity contribution is -0.122. The molecule has 17 heavy (non-hydrogen) atoms. The summed E-state index contributed by atoms with van der Waals surface area (Å²) in [6, 6.07) is 0.361. The maximum atomic E-state index is 11.9. The molecule has 0 aliphatic carbocycles. The van der Waals surface area contributed by atoms with Gasteiger partial charge >= 0.3 is 0 Å². The molecule has 1 rings (SSSR count). The highest BCUT2D eigenvalue weighted by molar-refractivity contribution is 5.76. The Morgan fingerprint density at radius 1 is 1.47 bits per heavy atom. The summed E-state index contributed by atoms with van der Waals surface area (Å²) in [7, 11) is 0. The fourth-order valence-corrected chi connectivity index (χ4v) is 2.47. The molecule has 3 heteroatoms. The van der Waals surface area contributed by atoms with Gasteiger partial charge in [0.1, 0.15) is 0 Å². The van der Waals surface area contributed by atoms with E-state index in [1.165, 1.54) is 25.7 Å². The Hall–Kier alpha value is -0.570. The fourth-order valence-electron chi connectivity index (χ4n) is 2.47. The second-order valence-corrected chi connectivity index (χ2v) is 5.23. The Bertz CT molecular complexity index is 212. The zero-order valence-electron chi connectivity index (χ0n) is 11.4. The van der Waals surface area contributed by atoms with E-state index in [9.17, 15) is 4.79 Å². The highest BCUT2D eigenvalue weighted by Crippen LogP contribution is 2.16. The Labute approximate surface area is 106 Å². The van der Waals surface area contributed by atoms with Gasteiger partial charge in [-0.15, -0.1) is 0 Å². The first-order valence-electron chi connectivity index (χ1n) is 7.26. The van der Waals surface area contributed by atoms with Crippen LogP contribution in [-0.2, 0) is 4.79 Å². The second kappa shape index (κ2) is 8.51. The molecular weight excluding hydrogens is 212 g/mol. The minimum Gasteiger partial charge on any atom is -0.352 e. The van der Waals surface area contributed by atoms with E-state index in [-0.39, 0.29) is 5.91 Å². The molecule has 1 fully saturated rings. The number of unbranched alkanes of at least 4 members (excludes halogenated alkanes) is 1. The molecule has 1 saturated heterocycles. The molecule has 0 spiro atoms. The van der Waals surface area contributed by atoms with Gasteiger partial charge in [0.2, 0.25) is 5.91 Å².